The van der Waals surface area contributed by atoms with Crippen LogP contribution in [-0.2, 0) is 20.8 Å². The summed E-state index contributed by atoms with van der Waals surface area (Å²) < 4.78 is 0. The molecule has 136 valence electrons. The number of hydrogen-bond acceptors (Lipinski definition) is 6. The molecule has 1 aromatic carbocycles. The Morgan fingerprint density at radius 3 is 1.42 bits per heavy atom. The average molecular weight is 343 g/mol. The van der Waals surface area contributed by atoms with Gasteiger partial charge in [0.1, 0.15) is 18.1 Å². The lowest BCUT2D eigenvalue weighted by Gasteiger charge is -2.04. The van der Waals surface area contributed by atoms with Crippen molar-refractivity contribution < 1.29 is 29.7 Å². The minimum absolute atomic E-state index is 0.385. The fourth-order valence-electron chi connectivity index (χ4n) is 0.955. The Labute approximate surface area is 140 Å². The molecule has 9 nitrogen and oxygen atoms in total. The van der Waals surface area contributed by atoms with E-state index in [0.29, 0.717) is 6.42 Å². The molecule has 0 saturated carbocycles. The summed E-state index contributed by atoms with van der Waals surface area (Å²) in [6.07, 6.45) is 0.385. The Hall–Kier alpha value is -2.49. The van der Waals surface area contributed by atoms with Crippen LogP contribution >= 0.6 is 0 Å². The summed E-state index contributed by atoms with van der Waals surface area (Å²) >= 11 is 0. The summed E-state index contributed by atoms with van der Waals surface area (Å²) in [5, 5.41) is 24.2. The number of aliphatic carboxylic acids is 3. The molecule has 1 rings (SSSR count). The number of hydrogen-bond donors (Lipinski definition) is 6. The van der Waals surface area contributed by atoms with E-state index in [9.17, 15) is 14.4 Å². The van der Waals surface area contributed by atoms with Gasteiger partial charge in [-0.05, 0) is 25.8 Å². The maximum absolute atomic E-state index is 10.4. The second-order valence-electron chi connectivity index (χ2n) is 4.89. The highest BCUT2D eigenvalue weighted by atomic mass is 16.4. The Morgan fingerprint density at radius 1 is 0.833 bits per heavy atom. The Kier molecular flexibility index (Phi) is 12.9. The van der Waals surface area contributed by atoms with Gasteiger partial charge in [0.15, 0.2) is 0 Å². The van der Waals surface area contributed by atoms with Crippen LogP contribution in [0.2, 0.25) is 0 Å². The van der Waals surface area contributed by atoms with E-state index in [4.69, 9.17) is 32.5 Å². The molecular weight excluding hydrogens is 318 g/mol. The molecule has 0 unspecified atom stereocenters. The Bertz CT molecular complexity index is 487. The molecule has 0 aromatic heterocycles. The molecule has 0 spiro atoms. The second kappa shape index (κ2) is 13.0. The first-order valence-corrected chi connectivity index (χ1v) is 6.98. The van der Waals surface area contributed by atoms with Crippen molar-refractivity contribution in [3.05, 3.63) is 35.9 Å². The minimum atomic E-state index is -0.963. The monoisotopic (exact) mass is 343 g/mol. The van der Waals surface area contributed by atoms with E-state index >= 15 is 0 Å². The average Bonchev–Trinajstić information content (AvgIpc) is 2.49. The van der Waals surface area contributed by atoms with Gasteiger partial charge in [0, 0.05) is 0 Å². The molecule has 0 aliphatic rings. The summed E-state index contributed by atoms with van der Waals surface area (Å²) in [6, 6.07) is 7.08. The van der Waals surface area contributed by atoms with Crippen molar-refractivity contribution in [1.29, 1.82) is 0 Å². The molecule has 0 saturated heterocycles. The molecule has 0 heterocycles. The van der Waals surface area contributed by atoms with Crippen molar-refractivity contribution in [2.45, 2.75) is 38.4 Å². The molecule has 0 amide bonds. The molecule has 24 heavy (non-hydrogen) atoms. The predicted octanol–water partition coefficient (Wildman–Crippen LogP) is -0.523. The van der Waals surface area contributed by atoms with Gasteiger partial charge in [-0.3, -0.25) is 14.4 Å². The van der Waals surface area contributed by atoms with E-state index in [1.54, 1.807) is 0 Å². The standard InChI is InChI=1S/C9H11NO2.2C3H7NO2/c10-8(9(11)12)6-7-4-2-1-3-5-7;2*1-2(4)3(5)6/h1-5,8H,6,10H2,(H,11,12);2*2H,4H2,1H3,(H,5,6)/t8-;2*2-/m000/s1. The van der Waals surface area contributed by atoms with Crippen molar-refractivity contribution >= 4 is 17.9 Å². The normalized spacial score (nSPS) is 13.0. The number of rotatable bonds is 5. The summed E-state index contributed by atoms with van der Waals surface area (Å²) in [5.74, 6) is -2.89. The number of carboxylic acids is 3. The molecule has 0 radical (unpaired) electrons. The van der Waals surface area contributed by atoms with Crippen molar-refractivity contribution in [3.8, 4) is 0 Å². The molecule has 0 aliphatic heterocycles. The van der Waals surface area contributed by atoms with E-state index in [2.05, 4.69) is 0 Å². The lowest BCUT2D eigenvalue weighted by Crippen LogP contribution is -2.32. The fourth-order valence-corrected chi connectivity index (χ4v) is 0.955. The lowest BCUT2D eigenvalue weighted by atomic mass is 10.1. The third-order valence-electron chi connectivity index (χ3n) is 2.39. The quantitative estimate of drug-likeness (QED) is 0.408. The van der Waals surface area contributed by atoms with Gasteiger partial charge in [-0.1, -0.05) is 30.3 Å². The van der Waals surface area contributed by atoms with Gasteiger partial charge in [-0.15, -0.1) is 0 Å². The lowest BCUT2D eigenvalue weighted by molar-refractivity contribution is -0.139. The van der Waals surface area contributed by atoms with E-state index in [-0.39, 0.29) is 0 Å². The van der Waals surface area contributed by atoms with Gasteiger partial charge in [-0.25, -0.2) is 0 Å². The molecule has 0 aliphatic carbocycles. The van der Waals surface area contributed by atoms with Gasteiger partial charge >= 0.3 is 17.9 Å². The molecule has 1 aromatic rings. The first kappa shape index (κ1) is 23.8. The van der Waals surface area contributed by atoms with Crippen LogP contribution < -0.4 is 17.2 Å². The van der Waals surface area contributed by atoms with Crippen LogP contribution in [0.15, 0.2) is 30.3 Å². The smallest absolute Gasteiger partial charge is 0.320 e. The number of carbonyl (C=O) groups is 3. The minimum Gasteiger partial charge on any atom is -0.480 e. The Morgan fingerprint density at radius 2 is 1.17 bits per heavy atom. The largest absolute Gasteiger partial charge is 0.480 e. The van der Waals surface area contributed by atoms with Crippen LogP contribution in [0, 0.1) is 0 Å². The summed E-state index contributed by atoms with van der Waals surface area (Å²) in [5.41, 5.74) is 16.0. The molecule has 0 bridgehead atoms. The van der Waals surface area contributed by atoms with Gasteiger partial charge < -0.3 is 32.5 Å². The summed E-state index contributed by atoms with van der Waals surface area (Å²) in [6.45, 7) is 2.84. The van der Waals surface area contributed by atoms with Gasteiger partial charge in [0.05, 0.1) is 0 Å². The van der Waals surface area contributed by atoms with Crippen LogP contribution in [0.25, 0.3) is 0 Å². The topological polar surface area (TPSA) is 190 Å². The predicted molar refractivity (Wildman–Crippen MR) is 88.3 cm³/mol. The number of nitrogens with two attached hydrogens (primary N) is 3. The van der Waals surface area contributed by atoms with Crippen LogP contribution in [-0.4, -0.2) is 51.4 Å². The highest BCUT2D eigenvalue weighted by Crippen LogP contribution is 2.01. The highest BCUT2D eigenvalue weighted by molar-refractivity contribution is 5.73. The van der Waals surface area contributed by atoms with Crippen LogP contribution in [0.1, 0.15) is 19.4 Å². The van der Waals surface area contributed by atoms with Crippen molar-refractivity contribution in [1.82, 2.24) is 0 Å². The molecule has 9 heteroatoms. The van der Waals surface area contributed by atoms with E-state index in [1.165, 1.54) is 13.8 Å². The van der Waals surface area contributed by atoms with E-state index in [0.717, 1.165) is 5.56 Å². The maximum Gasteiger partial charge on any atom is 0.320 e. The van der Waals surface area contributed by atoms with E-state index in [1.807, 2.05) is 30.3 Å². The number of benzene rings is 1. The number of carboxylic acid groups (broad SMARTS) is 3. The third kappa shape index (κ3) is 14.4. The van der Waals surface area contributed by atoms with Crippen LogP contribution in [0.3, 0.4) is 0 Å². The highest BCUT2D eigenvalue weighted by Gasteiger charge is 2.10. The second-order valence-corrected chi connectivity index (χ2v) is 4.89. The molecular formula is C15H25N3O6. The Balaban J connectivity index is 0. The zero-order chi connectivity index (χ0) is 19.3. The van der Waals surface area contributed by atoms with Gasteiger partial charge in [-0.2, -0.15) is 0 Å². The van der Waals surface area contributed by atoms with Crippen molar-refractivity contribution in [3.63, 3.8) is 0 Å². The zero-order valence-corrected chi connectivity index (χ0v) is 13.6. The van der Waals surface area contributed by atoms with Gasteiger partial charge in [0.25, 0.3) is 0 Å². The molecule has 3 atom stereocenters. The zero-order valence-electron chi connectivity index (χ0n) is 13.6. The summed E-state index contributed by atoms with van der Waals surface area (Å²) in [7, 11) is 0. The molecule has 0 fully saturated rings. The van der Waals surface area contributed by atoms with Crippen molar-refractivity contribution in [2.75, 3.05) is 0 Å². The SMILES string of the molecule is C[C@H](N)C(=O)O.C[C@H](N)C(=O)O.N[C@@H](Cc1ccccc1)C(=O)O. The first-order chi connectivity index (χ1) is 11.0. The van der Waals surface area contributed by atoms with Crippen molar-refractivity contribution in [2.24, 2.45) is 17.2 Å². The molecule has 9 N–H and O–H groups in total. The van der Waals surface area contributed by atoms with E-state index < -0.39 is 36.0 Å². The van der Waals surface area contributed by atoms with Gasteiger partial charge in [0.2, 0.25) is 0 Å². The third-order valence-corrected chi connectivity index (χ3v) is 2.39. The maximum atomic E-state index is 10.4. The summed E-state index contributed by atoms with van der Waals surface area (Å²) in [4.78, 5) is 29.5. The van der Waals surface area contributed by atoms with Crippen LogP contribution in [0.5, 0.6) is 0 Å². The van der Waals surface area contributed by atoms with Crippen LogP contribution in [0.4, 0.5) is 0 Å². The first-order valence-electron chi connectivity index (χ1n) is 6.98. The fraction of sp³-hybridized carbons (Fsp3) is 0.400.